The molecule has 67 heavy (non-hydrogen) atoms. The lowest BCUT2D eigenvalue weighted by molar-refractivity contribution is -0.137. The number of rotatable bonds is 21. The van der Waals surface area contributed by atoms with Gasteiger partial charge in [0.05, 0.1) is 44.0 Å². The molecule has 2 aliphatic rings. The Morgan fingerprint density at radius 2 is 1.70 bits per heavy atom. The number of alkyl halides is 3. The fraction of sp³-hybridized carbons (Fsp3) is 0.326. The van der Waals surface area contributed by atoms with E-state index < -0.39 is 42.6 Å². The van der Waals surface area contributed by atoms with Crippen molar-refractivity contribution in [3.63, 3.8) is 0 Å². The van der Waals surface area contributed by atoms with Gasteiger partial charge in [-0.2, -0.15) is 18.3 Å². The summed E-state index contributed by atoms with van der Waals surface area (Å²) in [7, 11) is 0. The van der Waals surface area contributed by atoms with Crippen LogP contribution in [0.5, 0.6) is 0 Å². The predicted octanol–water partition coefficient (Wildman–Crippen LogP) is 3.06. The van der Waals surface area contributed by atoms with Gasteiger partial charge in [0.25, 0.3) is 17.7 Å². The smallest absolute Gasteiger partial charge is 0.407 e. The van der Waals surface area contributed by atoms with Crippen LogP contribution in [0.15, 0.2) is 77.7 Å². The molecular formula is C43H44F3N11O10. The first-order valence-corrected chi connectivity index (χ1v) is 20.8. The molecule has 5 heterocycles. The Hall–Kier alpha value is -7.70. The molecule has 1 fully saturated rings. The lowest BCUT2D eigenvalue weighted by Gasteiger charge is -2.29. The van der Waals surface area contributed by atoms with E-state index in [1.165, 1.54) is 34.1 Å². The molecular weight excluding hydrogens is 888 g/mol. The fourth-order valence-electron chi connectivity index (χ4n) is 6.95. The van der Waals surface area contributed by atoms with E-state index in [1.807, 2.05) is 12.1 Å². The molecule has 0 aliphatic carbocycles. The van der Waals surface area contributed by atoms with Crippen LogP contribution in [0.3, 0.4) is 0 Å². The summed E-state index contributed by atoms with van der Waals surface area (Å²) >= 11 is 0. The SMILES string of the molecule is NC(=O)c1nn(-c2ccc(CNCCOCCOCCOC(=O)NCc3ccc4c(c3)CN(C3CCC(=O)NC3=O)C4=O)cc2)cc1NC(=O)c1coc(-c2ccnc(NCC(F)(F)F)c2)n1. The van der Waals surface area contributed by atoms with Crippen LogP contribution in [0, 0.1) is 0 Å². The number of aromatic nitrogens is 4. The number of benzene rings is 2. The topological polar surface area (TPSA) is 276 Å². The first-order valence-electron chi connectivity index (χ1n) is 20.8. The zero-order chi connectivity index (χ0) is 47.5. The molecule has 0 radical (unpaired) electrons. The van der Waals surface area contributed by atoms with E-state index in [9.17, 15) is 41.9 Å². The Bertz CT molecular complexity index is 2620. The summed E-state index contributed by atoms with van der Waals surface area (Å²) in [5.41, 5.74) is 8.88. The van der Waals surface area contributed by atoms with Crippen molar-refractivity contribution in [1.82, 2.24) is 40.6 Å². The molecule has 3 aromatic heterocycles. The van der Waals surface area contributed by atoms with Gasteiger partial charge in [0.15, 0.2) is 11.4 Å². The lowest BCUT2D eigenvalue weighted by Crippen LogP contribution is -2.52. The molecule has 7 rings (SSSR count). The number of primary amides is 1. The number of hydrogen-bond donors (Lipinski definition) is 6. The predicted molar refractivity (Wildman–Crippen MR) is 228 cm³/mol. The molecule has 0 bridgehead atoms. The molecule has 0 spiro atoms. The number of halogens is 3. The van der Waals surface area contributed by atoms with Crippen LogP contribution in [-0.4, -0.2) is 119 Å². The minimum absolute atomic E-state index is 0.00564. The van der Waals surface area contributed by atoms with Gasteiger partial charge in [-0.1, -0.05) is 24.3 Å². The van der Waals surface area contributed by atoms with E-state index >= 15 is 0 Å². The molecule has 21 nitrogen and oxygen atoms in total. The Labute approximate surface area is 378 Å². The molecule has 352 valence electrons. The Morgan fingerprint density at radius 3 is 2.46 bits per heavy atom. The summed E-state index contributed by atoms with van der Waals surface area (Å²) < 4.78 is 60.8. The first kappa shape index (κ1) is 47.3. The summed E-state index contributed by atoms with van der Waals surface area (Å²) in [6, 6.07) is 14.4. The zero-order valence-corrected chi connectivity index (χ0v) is 35.5. The van der Waals surface area contributed by atoms with Crippen molar-refractivity contribution in [3.05, 3.63) is 107 Å². The Kier molecular flexibility index (Phi) is 15.2. The number of nitrogens with one attached hydrogen (secondary N) is 5. The second-order valence-corrected chi connectivity index (χ2v) is 15.0. The number of oxazole rings is 1. The maximum Gasteiger partial charge on any atom is 0.407 e. The normalized spacial score (nSPS) is 14.7. The van der Waals surface area contributed by atoms with Crippen molar-refractivity contribution < 1.29 is 60.6 Å². The number of ether oxygens (including phenoxy) is 3. The quantitative estimate of drug-likeness (QED) is 0.0456. The third-order valence-electron chi connectivity index (χ3n) is 10.2. The number of amides is 6. The summed E-state index contributed by atoms with van der Waals surface area (Å²) in [6.07, 6.45) is -0.922. The summed E-state index contributed by atoms with van der Waals surface area (Å²) in [5.74, 6) is -2.89. The molecule has 0 saturated carbocycles. The van der Waals surface area contributed by atoms with Gasteiger partial charge in [-0.05, 0) is 53.4 Å². The second kappa shape index (κ2) is 21.5. The standard InChI is InChI=1S/C43H44F3N11O10/c44-43(45,46)24-51-34-18-27(9-10-49-34)40-53-32(23-67-40)38(60)52-31-22-57(55-36(31)37(47)59)29-4-1-25(2-5-29)19-48-11-12-64-13-14-65-15-16-66-42(63)50-20-26-3-6-30-28(17-26)21-56(41(30)62)33-7-8-35(58)54-39(33)61/h1-6,9-10,17-18,22-23,33,48H,7-8,11-16,19-21,24H2,(H2,47,59)(H,49,51)(H,50,63)(H,52,60)(H,54,58,61). The van der Waals surface area contributed by atoms with Crippen LogP contribution in [0.25, 0.3) is 17.1 Å². The minimum Gasteiger partial charge on any atom is -0.447 e. The number of alkyl carbamates (subject to hydrolysis) is 1. The number of nitrogens with zero attached hydrogens (tertiary/aromatic N) is 5. The van der Waals surface area contributed by atoms with Gasteiger partial charge in [-0.25, -0.2) is 19.4 Å². The van der Waals surface area contributed by atoms with Crippen LogP contribution in [0.4, 0.5) is 29.5 Å². The second-order valence-electron chi connectivity index (χ2n) is 15.0. The van der Waals surface area contributed by atoms with Crippen LogP contribution < -0.4 is 32.3 Å². The van der Waals surface area contributed by atoms with Crippen LogP contribution >= 0.6 is 0 Å². The van der Waals surface area contributed by atoms with Crippen LogP contribution in [0.2, 0.25) is 0 Å². The maximum atomic E-state index is 13.1. The van der Waals surface area contributed by atoms with Crippen molar-refractivity contribution in [2.45, 2.75) is 44.7 Å². The highest BCUT2D eigenvalue weighted by atomic mass is 19.4. The number of anilines is 2. The van der Waals surface area contributed by atoms with Gasteiger partial charge in [-0.3, -0.25) is 29.3 Å². The third kappa shape index (κ3) is 12.8. The number of piperidine rings is 1. The lowest BCUT2D eigenvalue weighted by atomic mass is 10.0. The van der Waals surface area contributed by atoms with Crippen molar-refractivity contribution >= 4 is 47.1 Å². The molecule has 2 aromatic carbocycles. The van der Waals surface area contributed by atoms with E-state index in [-0.39, 0.29) is 91.9 Å². The minimum atomic E-state index is -4.45. The molecule has 1 saturated heterocycles. The summed E-state index contributed by atoms with van der Waals surface area (Å²) in [6.45, 7) is 1.39. The average Bonchev–Trinajstić information content (AvgIpc) is 4.05. The van der Waals surface area contributed by atoms with Gasteiger partial charge in [0, 0.05) is 49.9 Å². The largest absolute Gasteiger partial charge is 0.447 e. The van der Waals surface area contributed by atoms with Crippen LogP contribution in [0.1, 0.15) is 60.9 Å². The number of hydrogen-bond acceptors (Lipinski definition) is 15. The Balaban J connectivity index is 0.752. The summed E-state index contributed by atoms with van der Waals surface area (Å²) in [5, 5.41) is 17.1. The molecule has 6 amide bonds. The maximum absolute atomic E-state index is 13.1. The van der Waals surface area contributed by atoms with E-state index in [1.54, 1.807) is 30.3 Å². The fourth-order valence-corrected chi connectivity index (χ4v) is 6.95. The monoisotopic (exact) mass is 931 g/mol. The molecule has 5 aromatic rings. The number of nitrogens with two attached hydrogens (primary N) is 1. The highest BCUT2D eigenvalue weighted by Crippen LogP contribution is 2.29. The van der Waals surface area contributed by atoms with Crippen molar-refractivity contribution in [2.75, 3.05) is 56.8 Å². The number of fused-ring (bicyclic) bond motifs is 1. The number of pyridine rings is 1. The molecule has 24 heteroatoms. The zero-order valence-electron chi connectivity index (χ0n) is 35.5. The van der Waals surface area contributed by atoms with Gasteiger partial charge in [0.2, 0.25) is 17.7 Å². The van der Waals surface area contributed by atoms with Gasteiger partial charge in [0.1, 0.15) is 31.3 Å². The van der Waals surface area contributed by atoms with E-state index in [0.717, 1.165) is 23.0 Å². The molecule has 1 atom stereocenters. The van der Waals surface area contributed by atoms with Crippen molar-refractivity contribution in [2.24, 2.45) is 5.73 Å². The number of carbonyl (C=O) groups excluding carboxylic acids is 6. The highest BCUT2D eigenvalue weighted by Gasteiger charge is 2.39. The molecule has 1 unspecified atom stereocenters. The molecule has 2 aliphatic heterocycles. The van der Waals surface area contributed by atoms with Crippen molar-refractivity contribution in [3.8, 4) is 17.1 Å². The molecule has 7 N–H and O–H groups in total. The first-order chi connectivity index (χ1) is 32.2. The summed E-state index contributed by atoms with van der Waals surface area (Å²) in [4.78, 5) is 83.6. The van der Waals surface area contributed by atoms with E-state index in [2.05, 4.69) is 41.7 Å². The third-order valence-corrected chi connectivity index (χ3v) is 10.2. The number of imide groups is 1. The van der Waals surface area contributed by atoms with E-state index in [4.69, 9.17) is 24.4 Å². The van der Waals surface area contributed by atoms with Crippen LogP contribution in [-0.2, 0) is 43.4 Å². The Morgan fingerprint density at radius 1 is 0.940 bits per heavy atom. The van der Waals surface area contributed by atoms with E-state index in [0.29, 0.717) is 37.6 Å². The van der Waals surface area contributed by atoms with Crippen molar-refractivity contribution in [1.29, 1.82) is 0 Å². The van der Waals surface area contributed by atoms with Gasteiger partial charge < -0.3 is 50.5 Å². The van der Waals surface area contributed by atoms with Gasteiger partial charge >= 0.3 is 12.3 Å². The van der Waals surface area contributed by atoms with Gasteiger partial charge in [-0.15, -0.1) is 0 Å². The average molecular weight is 932 g/mol. The number of carbonyl (C=O) groups is 6. The highest BCUT2D eigenvalue weighted by molar-refractivity contribution is 6.07.